The van der Waals surface area contributed by atoms with E-state index in [-0.39, 0.29) is 41.6 Å². The van der Waals surface area contributed by atoms with Crippen LogP contribution in [0, 0.1) is 17.7 Å². The summed E-state index contributed by atoms with van der Waals surface area (Å²) >= 11 is 0. The zero-order valence-electron chi connectivity index (χ0n) is 11.9. The summed E-state index contributed by atoms with van der Waals surface area (Å²) in [5, 5.41) is 0. The van der Waals surface area contributed by atoms with E-state index in [0.717, 1.165) is 24.9 Å². The van der Waals surface area contributed by atoms with Crippen molar-refractivity contribution in [2.24, 2.45) is 11.8 Å². The molecule has 0 saturated carbocycles. The Labute approximate surface area is 122 Å². The molecule has 4 rings (SSSR count). The zero-order chi connectivity index (χ0) is 14.7. The van der Waals surface area contributed by atoms with Crippen molar-refractivity contribution >= 4 is 11.8 Å². The molecule has 3 fully saturated rings. The number of quaternary nitrogens is 1. The molecule has 0 aromatic heterocycles. The minimum atomic E-state index is -0.271. The van der Waals surface area contributed by atoms with E-state index in [1.165, 1.54) is 21.9 Å². The van der Waals surface area contributed by atoms with E-state index in [2.05, 4.69) is 0 Å². The number of hydrogen-bond acceptors (Lipinski definition) is 2. The monoisotopic (exact) mass is 289 g/mol. The second kappa shape index (κ2) is 4.37. The predicted molar refractivity (Wildman–Crippen MR) is 72.7 cm³/mol. The van der Waals surface area contributed by atoms with Gasteiger partial charge in [0.15, 0.2) is 0 Å². The van der Waals surface area contributed by atoms with Gasteiger partial charge < -0.3 is 4.90 Å². The van der Waals surface area contributed by atoms with Gasteiger partial charge in [0.1, 0.15) is 29.7 Å². The van der Waals surface area contributed by atoms with E-state index < -0.39 is 0 Å². The number of carbonyl (C=O) groups excluding carboxylic acids is 2. The van der Waals surface area contributed by atoms with Gasteiger partial charge in [-0.2, -0.15) is 0 Å². The molecule has 4 nitrogen and oxygen atoms in total. The van der Waals surface area contributed by atoms with Crippen LogP contribution in [0.15, 0.2) is 24.3 Å². The summed E-state index contributed by atoms with van der Waals surface area (Å²) in [5.74, 6) is -0.823. The third-order valence-electron chi connectivity index (χ3n) is 5.50. The maximum absolute atomic E-state index is 13.2. The largest absolute Gasteiger partial charge is 0.325 e. The van der Waals surface area contributed by atoms with Crippen LogP contribution in [-0.4, -0.2) is 36.3 Å². The van der Waals surface area contributed by atoms with Crippen molar-refractivity contribution in [2.45, 2.75) is 24.9 Å². The van der Waals surface area contributed by atoms with Gasteiger partial charge in [-0.25, -0.2) is 4.39 Å². The maximum Gasteiger partial charge on any atom is 0.239 e. The number of rotatable bonds is 1. The molecule has 1 unspecified atom stereocenters. The normalized spacial score (nSPS) is 38.0. The summed E-state index contributed by atoms with van der Waals surface area (Å²) in [7, 11) is 1.58. The third kappa shape index (κ3) is 1.64. The molecule has 0 bridgehead atoms. The number of benzene rings is 1. The van der Waals surface area contributed by atoms with Crippen LogP contribution in [0.2, 0.25) is 0 Å². The van der Waals surface area contributed by atoms with Crippen molar-refractivity contribution in [3.63, 3.8) is 0 Å². The summed E-state index contributed by atoms with van der Waals surface area (Å²) in [4.78, 5) is 27.5. The van der Waals surface area contributed by atoms with Crippen LogP contribution in [0.25, 0.3) is 0 Å². The molecule has 5 atom stereocenters. The average Bonchev–Trinajstić information content (AvgIpc) is 3.10. The van der Waals surface area contributed by atoms with E-state index in [0.29, 0.717) is 0 Å². The Kier molecular flexibility index (Phi) is 2.70. The van der Waals surface area contributed by atoms with Crippen LogP contribution < -0.4 is 4.90 Å². The fraction of sp³-hybridized carbons (Fsp3) is 0.500. The van der Waals surface area contributed by atoms with Gasteiger partial charge in [0.25, 0.3) is 0 Å². The molecule has 3 aliphatic rings. The lowest BCUT2D eigenvalue weighted by Crippen LogP contribution is -3.12. The second-order valence-corrected chi connectivity index (χ2v) is 6.39. The topological polar surface area (TPSA) is 41.8 Å². The molecule has 3 heterocycles. The summed E-state index contributed by atoms with van der Waals surface area (Å²) < 4.78 is 13.2. The Balaban J connectivity index is 1.80. The number of nitrogens with zero attached hydrogens (tertiary/aromatic N) is 1. The average molecular weight is 289 g/mol. The molecule has 0 aliphatic carbocycles. The predicted octanol–water partition coefficient (Wildman–Crippen LogP) is 0.159. The molecule has 2 amide bonds. The van der Waals surface area contributed by atoms with Gasteiger partial charge in [-0.15, -0.1) is 0 Å². The lowest BCUT2D eigenvalue weighted by Gasteiger charge is -2.25. The first-order valence-electron chi connectivity index (χ1n) is 7.52. The van der Waals surface area contributed by atoms with Crippen molar-refractivity contribution in [2.75, 3.05) is 13.6 Å². The first-order valence-corrected chi connectivity index (χ1v) is 7.52. The highest BCUT2D eigenvalue weighted by Crippen LogP contribution is 2.42. The van der Waals surface area contributed by atoms with Crippen LogP contribution >= 0.6 is 0 Å². The molecular weight excluding hydrogens is 271 g/mol. The molecule has 3 saturated heterocycles. The molecular formula is C16H18FN2O2+. The number of fused-ring (bicyclic) bond motifs is 3. The number of likely N-dealkylation sites (tertiary alicyclic amines) is 1. The molecule has 1 N–H and O–H groups in total. The fourth-order valence-electron chi connectivity index (χ4n) is 4.65. The summed E-state index contributed by atoms with van der Waals surface area (Å²) in [6.07, 6.45) is 2.09. The number of imide groups is 1. The first kappa shape index (κ1) is 13.0. The smallest absolute Gasteiger partial charge is 0.239 e. The van der Waals surface area contributed by atoms with Crippen LogP contribution in [0.5, 0.6) is 0 Å². The van der Waals surface area contributed by atoms with E-state index >= 15 is 0 Å². The highest BCUT2D eigenvalue weighted by Gasteiger charge is 2.65. The van der Waals surface area contributed by atoms with Crippen molar-refractivity contribution in [3.05, 3.63) is 35.6 Å². The second-order valence-electron chi connectivity index (χ2n) is 6.39. The number of halogens is 1. The number of nitrogens with one attached hydrogen (secondary N) is 1. The molecule has 3 aliphatic heterocycles. The Hall–Kier alpha value is -1.75. The molecule has 110 valence electrons. The number of amides is 2. The standard InChI is InChI=1S/C16H17FN2O2/c1-18-15(20)12-11-3-2-8-19(11)14(13(12)16(18)21)9-4-6-10(17)7-5-9/h4-7,11-14H,2-3,8H2,1H3/p+1/t11-,12+,13+,14+/m0/s1. The van der Waals surface area contributed by atoms with Crippen molar-refractivity contribution in [3.8, 4) is 0 Å². The molecule has 0 spiro atoms. The van der Waals surface area contributed by atoms with E-state index in [1.807, 2.05) is 0 Å². The Morgan fingerprint density at radius 3 is 2.52 bits per heavy atom. The van der Waals surface area contributed by atoms with Gasteiger partial charge >= 0.3 is 0 Å². The Bertz CT molecular complexity index is 615. The molecule has 0 radical (unpaired) electrons. The van der Waals surface area contributed by atoms with Crippen LogP contribution in [0.4, 0.5) is 4.39 Å². The summed E-state index contributed by atoms with van der Waals surface area (Å²) in [6, 6.07) is 6.65. The van der Waals surface area contributed by atoms with Gasteiger partial charge in [-0.1, -0.05) is 12.1 Å². The van der Waals surface area contributed by atoms with Gasteiger partial charge in [0.2, 0.25) is 11.8 Å². The molecule has 5 heteroatoms. The van der Waals surface area contributed by atoms with Crippen molar-refractivity contribution in [1.29, 1.82) is 0 Å². The lowest BCUT2D eigenvalue weighted by molar-refractivity contribution is -0.931. The highest BCUT2D eigenvalue weighted by atomic mass is 19.1. The Morgan fingerprint density at radius 2 is 1.81 bits per heavy atom. The van der Waals surface area contributed by atoms with Gasteiger partial charge in [0, 0.05) is 25.5 Å². The van der Waals surface area contributed by atoms with Gasteiger partial charge in [0.05, 0.1) is 6.54 Å². The molecule has 21 heavy (non-hydrogen) atoms. The number of carbonyl (C=O) groups is 2. The zero-order valence-corrected chi connectivity index (χ0v) is 11.9. The van der Waals surface area contributed by atoms with Gasteiger partial charge in [-0.05, 0) is 12.1 Å². The SMILES string of the molecule is CN1C(=O)[C@@H]2[C@H](C1=O)[C@@H]1CCC[NH+]1[C@@H]2c1ccc(F)cc1. The summed E-state index contributed by atoms with van der Waals surface area (Å²) in [6.45, 7) is 0.990. The van der Waals surface area contributed by atoms with Crippen molar-refractivity contribution in [1.82, 2.24) is 4.90 Å². The highest BCUT2D eigenvalue weighted by molar-refractivity contribution is 6.05. The van der Waals surface area contributed by atoms with E-state index in [4.69, 9.17) is 0 Å². The number of hydrogen-bond donors (Lipinski definition) is 1. The van der Waals surface area contributed by atoms with Crippen LogP contribution in [0.1, 0.15) is 24.4 Å². The van der Waals surface area contributed by atoms with Crippen LogP contribution in [-0.2, 0) is 9.59 Å². The van der Waals surface area contributed by atoms with E-state index in [9.17, 15) is 14.0 Å². The summed E-state index contributed by atoms with van der Waals surface area (Å²) in [5.41, 5.74) is 0.974. The quantitative estimate of drug-likeness (QED) is 0.748. The Morgan fingerprint density at radius 1 is 1.14 bits per heavy atom. The van der Waals surface area contributed by atoms with Crippen molar-refractivity contribution < 1.29 is 18.9 Å². The first-order chi connectivity index (χ1) is 10.1. The minimum Gasteiger partial charge on any atom is -0.325 e. The lowest BCUT2D eigenvalue weighted by atomic mass is 9.85. The molecule has 1 aromatic carbocycles. The fourth-order valence-corrected chi connectivity index (χ4v) is 4.65. The minimum absolute atomic E-state index is 0.00972. The van der Waals surface area contributed by atoms with E-state index in [1.54, 1.807) is 19.2 Å². The van der Waals surface area contributed by atoms with Crippen LogP contribution in [0.3, 0.4) is 0 Å². The third-order valence-corrected chi connectivity index (χ3v) is 5.50. The maximum atomic E-state index is 13.2. The molecule has 1 aromatic rings. The van der Waals surface area contributed by atoms with Gasteiger partial charge in [-0.3, -0.25) is 14.5 Å².